The van der Waals surface area contributed by atoms with Crippen molar-refractivity contribution in [3.63, 3.8) is 0 Å². The molecule has 0 aliphatic heterocycles. The molecule has 1 aromatic heterocycles. The second-order valence-corrected chi connectivity index (χ2v) is 4.69. The molecule has 0 amide bonds. The Morgan fingerprint density at radius 1 is 1.24 bits per heavy atom. The lowest BCUT2D eigenvalue weighted by atomic mass is 9.99. The Morgan fingerprint density at radius 3 is 2.33 bits per heavy atom. The first kappa shape index (κ1) is 15.2. The Hall–Kier alpha value is -2.18. The number of halogens is 4. The predicted molar refractivity (Wildman–Crippen MR) is 67.5 cm³/mol. The van der Waals surface area contributed by atoms with E-state index in [4.69, 9.17) is 0 Å². The molecule has 1 heterocycles. The standard InChI is InChI=1S/C14H12F4N2O/c1-7-12(8(2)20(3)19-7)13(21)9-4-5-11(15)10(6-9)14(16,17)18/h4-6H,1-3H3. The summed E-state index contributed by atoms with van der Waals surface area (Å²) in [5, 5.41) is 4.05. The van der Waals surface area contributed by atoms with Gasteiger partial charge in [0.15, 0.2) is 5.78 Å². The Kier molecular flexibility index (Phi) is 3.61. The smallest absolute Gasteiger partial charge is 0.288 e. The number of alkyl halides is 3. The van der Waals surface area contributed by atoms with Crippen molar-refractivity contribution in [1.82, 2.24) is 9.78 Å². The average Bonchev–Trinajstić information content (AvgIpc) is 2.61. The summed E-state index contributed by atoms with van der Waals surface area (Å²) in [6, 6.07) is 2.22. The lowest BCUT2D eigenvalue weighted by Gasteiger charge is -2.09. The number of rotatable bonds is 2. The fourth-order valence-electron chi connectivity index (χ4n) is 2.13. The van der Waals surface area contributed by atoms with E-state index in [9.17, 15) is 22.4 Å². The van der Waals surface area contributed by atoms with Crippen LogP contribution in [-0.4, -0.2) is 15.6 Å². The molecule has 2 rings (SSSR count). The molecule has 112 valence electrons. The minimum Gasteiger partial charge on any atom is -0.288 e. The van der Waals surface area contributed by atoms with E-state index < -0.39 is 23.3 Å². The summed E-state index contributed by atoms with van der Waals surface area (Å²) < 4.78 is 52.8. The summed E-state index contributed by atoms with van der Waals surface area (Å²) in [4.78, 5) is 12.3. The van der Waals surface area contributed by atoms with Crippen LogP contribution < -0.4 is 0 Å². The summed E-state index contributed by atoms with van der Waals surface area (Å²) in [7, 11) is 1.63. The van der Waals surface area contributed by atoms with Crippen LogP contribution >= 0.6 is 0 Å². The van der Waals surface area contributed by atoms with Crippen LogP contribution in [0.3, 0.4) is 0 Å². The van der Waals surface area contributed by atoms with Crippen LogP contribution in [-0.2, 0) is 13.2 Å². The lowest BCUT2D eigenvalue weighted by molar-refractivity contribution is -0.140. The van der Waals surface area contributed by atoms with Gasteiger partial charge in [0.1, 0.15) is 5.82 Å². The minimum absolute atomic E-state index is 0.220. The van der Waals surface area contributed by atoms with E-state index in [0.29, 0.717) is 23.5 Å². The van der Waals surface area contributed by atoms with Gasteiger partial charge < -0.3 is 0 Å². The van der Waals surface area contributed by atoms with Crippen LogP contribution in [0.4, 0.5) is 17.6 Å². The highest BCUT2D eigenvalue weighted by atomic mass is 19.4. The van der Waals surface area contributed by atoms with E-state index in [1.54, 1.807) is 20.9 Å². The van der Waals surface area contributed by atoms with E-state index in [1.165, 1.54) is 4.68 Å². The third kappa shape index (κ3) is 2.68. The second-order valence-electron chi connectivity index (χ2n) is 4.69. The summed E-state index contributed by atoms with van der Waals surface area (Å²) >= 11 is 0. The summed E-state index contributed by atoms with van der Waals surface area (Å²) in [6.45, 7) is 3.23. The maximum atomic E-state index is 13.2. The molecular weight excluding hydrogens is 288 g/mol. The third-order valence-electron chi connectivity index (χ3n) is 3.27. The van der Waals surface area contributed by atoms with Crippen molar-refractivity contribution in [3.05, 3.63) is 52.1 Å². The van der Waals surface area contributed by atoms with Gasteiger partial charge in [-0.3, -0.25) is 9.48 Å². The van der Waals surface area contributed by atoms with Crippen molar-refractivity contribution in [1.29, 1.82) is 0 Å². The summed E-state index contributed by atoms with van der Waals surface area (Å²) in [5.41, 5.74) is -0.485. The van der Waals surface area contributed by atoms with Crippen molar-refractivity contribution in [2.24, 2.45) is 7.05 Å². The van der Waals surface area contributed by atoms with Crippen molar-refractivity contribution in [2.45, 2.75) is 20.0 Å². The van der Waals surface area contributed by atoms with Gasteiger partial charge in [-0.05, 0) is 32.0 Å². The van der Waals surface area contributed by atoms with E-state index in [0.717, 1.165) is 6.07 Å². The van der Waals surface area contributed by atoms with Crippen molar-refractivity contribution >= 4 is 5.78 Å². The Bertz CT molecular complexity index is 716. The molecule has 7 heteroatoms. The van der Waals surface area contributed by atoms with Gasteiger partial charge in [-0.25, -0.2) is 4.39 Å². The van der Waals surface area contributed by atoms with Crippen molar-refractivity contribution < 1.29 is 22.4 Å². The van der Waals surface area contributed by atoms with Gasteiger partial charge in [-0.15, -0.1) is 0 Å². The summed E-state index contributed by atoms with van der Waals surface area (Å²) in [5.74, 6) is -2.01. The Morgan fingerprint density at radius 2 is 1.86 bits per heavy atom. The van der Waals surface area contributed by atoms with Crippen LogP contribution in [0.2, 0.25) is 0 Å². The molecule has 0 bridgehead atoms. The number of carbonyl (C=O) groups is 1. The van der Waals surface area contributed by atoms with Crippen molar-refractivity contribution in [3.8, 4) is 0 Å². The SMILES string of the molecule is Cc1nn(C)c(C)c1C(=O)c1ccc(F)c(C(F)(F)F)c1. The zero-order valence-electron chi connectivity index (χ0n) is 11.5. The normalized spacial score (nSPS) is 11.8. The van der Waals surface area contributed by atoms with Gasteiger partial charge >= 0.3 is 6.18 Å². The average molecular weight is 300 g/mol. The van der Waals surface area contributed by atoms with Gasteiger partial charge in [0, 0.05) is 18.3 Å². The molecule has 21 heavy (non-hydrogen) atoms. The lowest BCUT2D eigenvalue weighted by Crippen LogP contribution is -2.11. The van der Waals surface area contributed by atoms with Crippen LogP contribution in [0.5, 0.6) is 0 Å². The van der Waals surface area contributed by atoms with Gasteiger partial charge in [0.25, 0.3) is 0 Å². The Labute approximate surface area is 118 Å². The number of nitrogens with zero attached hydrogens (tertiary/aromatic N) is 2. The highest BCUT2D eigenvalue weighted by Crippen LogP contribution is 2.32. The van der Waals surface area contributed by atoms with E-state index in [2.05, 4.69) is 5.10 Å². The highest BCUT2D eigenvalue weighted by molar-refractivity contribution is 6.10. The Balaban J connectivity index is 2.55. The van der Waals surface area contributed by atoms with Gasteiger partial charge in [0.05, 0.1) is 16.8 Å². The van der Waals surface area contributed by atoms with Crippen LogP contribution in [0.15, 0.2) is 18.2 Å². The highest BCUT2D eigenvalue weighted by Gasteiger charge is 2.35. The summed E-state index contributed by atoms with van der Waals surface area (Å²) in [6.07, 6.45) is -4.85. The molecule has 0 atom stereocenters. The maximum absolute atomic E-state index is 13.2. The number of aromatic nitrogens is 2. The molecule has 0 spiro atoms. The minimum atomic E-state index is -4.85. The number of ketones is 1. The number of benzene rings is 1. The van der Waals surface area contributed by atoms with Crippen LogP contribution in [0, 0.1) is 19.7 Å². The molecule has 0 radical (unpaired) electrons. The van der Waals surface area contributed by atoms with Gasteiger partial charge in [0.2, 0.25) is 0 Å². The number of hydrogen-bond donors (Lipinski definition) is 0. The van der Waals surface area contributed by atoms with E-state index in [-0.39, 0.29) is 11.1 Å². The first-order valence-electron chi connectivity index (χ1n) is 6.04. The van der Waals surface area contributed by atoms with E-state index in [1.807, 2.05) is 0 Å². The molecule has 0 aliphatic carbocycles. The number of hydrogen-bond acceptors (Lipinski definition) is 2. The topological polar surface area (TPSA) is 34.9 Å². The molecular formula is C14H12F4N2O. The van der Waals surface area contributed by atoms with Crippen LogP contribution in [0.1, 0.15) is 32.9 Å². The van der Waals surface area contributed by atoms with Gasteiger partial charge in [-0.2, -0.15) is 18.3 Å². The number of aryl methyl sites for hydroxylation is 2. The first-order chi connectivity index (χ1) is 9.62. The zero-order valence-corrected chi connectivity index (χ0v) is 11.5. The van der Waals surface area contributed by atoms with Crippen molar-refractivity contribution in [2.75, 3.05) is 0 Å². The fraction of sp³-hybridized carbons (Fsp3) is 0.286. The molecule has 0 unspecified atom stereocenters. The quantitative estimate of drug-likeness (QED) is 0.629. The first-order valence-corrected chi connectivity index (χ1v) is 6.04. The molecule has 1 aromatic carbocycles. The van der Waals surface area contributed by atoms with Gasteiger partial charge in [-0.1, -0.05) is 0 Å². The molecule has 0 fully saturated rings. The molecule has 2 aromatic rings. The number of carbonyl (C=O) groups excluding carboxylic acids is 1. The van der Waals surface area contributed by atoms with E-state index >= 15 is 0 Å². The molecule has 0 saturated carbocycles. The maximum Gasteiger partial charge on any atom is 0.419 e. The second kappa shape index (κ2) is 4.98. The molecule has 0 saturated heterocycles. The predicted octanol–water partition coefficient (Wildman–Crippen LogP) is 3.43. The fourth-order valence-corrected chi connectivity index (χ4v) is 2.13. The molecule has 3 nitrogen and oxygen atoms in total. The molecule has 0 aliphatic rings. The largest absolute Gasteiger partial charge is 0.419 e. The van der Waals surface area contributed by atoms with Crippen LogP contribution in [0.25, 0.3) is 0 Å². The third-order valence-corrected chi connectivity index (χ3v) is 3.27. The molecule has 0 N–H and O–H groups in total. The zero-order chi connectivity index (χ0) is 15.9. The monoisotopic (exact) mass is 300 g/mol.